The number of rotatable bonds is 1. The van der Waals surface area contributed by atoms with Crippen LogP contribution in [-0.2, 0) is 0 Å². The molecule has 0 amide bonds. The Morgan fingerprint density at radius 2 is 2.21 bits per heavy atom. The van der Waals surface area contributed by atoms with Gasteiger partial charge in [0.25, 0.3) is 0 Å². The first kappa shape index (κ1) is 9.72. The van der Waals surface area contributed by atoms with Crippen LogP contribution in [0.2, 0.25) is 0 Å². The summed E-state index contributed by atoms with van der Waals surface area (Å²) in [5, 5.41) is 0. The Hall–Kier alpha value is -0.820. The highest BCUT2D eigenvalue weighted by Gasteiger charge is 2.18. The average Bonchev–Trinajstić information content (AvgIpc) is 2.18. The number of benzene rings is 1. The molecule has 1 aliphatic heterocycles. The van der Waals surface area contributed by atoms with Crippen molar-refractivity contribution in [3.8, 4) is 0 Å². The van der Waals surface area contributed by atoms with Gasteiger partial charge in [-0.15, -0.1) is 0 Å². The monoisotopic (exact) mass is 189 g/mol. The van der Waals surface area contributed by atoms with E-state index in [1.807, 2.05) is 0 Å². The maximum Gasteiger partial charge on any atom is 0.00472 e. The van der Waals surface area contributed by atoms with Gasteiger partial charge in [-0.3, -0.25) is 0 Å². The molecule has 76 valence electrons. The summed E-state index contributed by atoms with van der Waals surface area (Å²) >= 11 is 0. The van der Waals surface area contributed by atoms with Crippen molar-refractivity contribution in [3.05, 3.63) is 35.4 Å². The van der Waals surface area contributed by atoms with Crippen molar-refractivity contribution in [2.75, 3.05) is 20.1 Å². The van der Waals surface area contributed by atoms with Crippen LogP contribution in [0.1, 0.15) is 29.9 Å². The number of likely N-dealkylation sites (tertiary alicyclic amines) is 1. The zero-order valence-corrected chi connectivity index (χ0v) is 9.16. The Morgan fingerprint density at radius 3 is 2.93 bits per heavy atom. The summed E-state index contributed by atoms with van der Waals surface area (Å²) in [5.74, 6) is 0.758. The van der Waals surface area contributed by atoms with Crippen molar-refractivity contribution in [1.82, 2.24) is 4.90 Å². The molecule has 2 rings (SSSR count). The predicted molar refractivity (Wildman–Crippen MR) is 60.7 cm³/mol. The van der Waals surface area contributed by atoms with Crippen molar-refractivity contribution < 1.29 is 0 Å². The molecule has 1 atom stereocenters. The summed E-state index contributed by atoms with van der Waals surface area (Å²) in [5.41, 5.74) is 2.91. The first-order chi connectivity index (χ1) is 6.75. The highest BCUT2D eigenvalue weighted by atomic mass is 15.1. The molecular formula is C13H19N. The number of aryl methyl sites for hydroxylation is 1. The highest BCUT2D eigenvalue weighted by Crippen LogP contribution is 2.26. The molecule has 1 aromatic carbocycles. The van der Waals surface area contributed by atoms with Crippen molar-refractivity contribution in [1.29, 1.82) is 0 Å². The van der Waals surface area contributed by atoms with E-state index < -0.39 is 0 Å². The van der Waals surface area contributed by atoms with Gasteiger partial charge < -0.3 is 4.90 Å². The smallest absolute Gasteiger partial charge is 0.00472 e. The standard InChI is InChI=1S/C13H19N/c1-11-5-3-6-12(9-11)13-7-4-8-14(2)10-13/h3,5-6,9,13H,4,7-8,10H2,1-2H3. The number of nitrogens with zero attached hydrogens (tertiary/aromatic N) is 1. The van der Waals surface area contributed by atoms with E-state index in [0.717, 1.165) is 5.92 Å². The summed E-state index contributed by atoms with van der Waals surface area (Å²) in [6, 6.07) is 8.97. The minimum atomic E-state index is 0.758. The summed E-state index contributed by atoms with van der Waals surface area (Å²) in [7, 11) is 2.22. The third-order valence-electron chi connectivity index (χ3n) is 3.14. The summed E-state index contributed by atoms with van der Waals surface area (Å²) < 4.78 is 0. The van der Waals surface area contributed by atoms with Crippen LogP contribution in [0.5, 0.6) is 0 Å². The molecule has 1 fully saturated rings. The van der Waals surface area contributed by atoms with E-state index >= 15 is 0 Å². The largest absolute Gasteiger partial charge is 0.306 e. The molecule has 1 nitrogen and oxygen atoms in total. The van der Waals surface area contributed by atoms with Gasteiger partial charge in [-0.05, 0) is 44.8 Å². The molecule has 1 heteroatoms. The van der Waals surface area contributed by atoms with Gasteiger partial charge in [0.15, 0.2) is 0 Å². The quantitative estimate of drug-likeness (QED) is 0.656. The Kier molecular flexibility index (Phi) is 2.87. The van der Waals surface area contributed by atoms with E-state index in [1.54, 1.807) is 0 Å². The summed E-state index contributed by atoms with van der Waals surface area (Å²) in [6.45, 7) is 4.67. The molecule has 1 saturated heterocycles. The van der Waals surface area contributed by atoms with E-state index in [9.17, 15) is 0 Å². The van der Waals surface area contributed by atoms with Crippen molar-refractivity contribution in [2.45, 2.75) is 25.7 Å². The summed E-state index contributed by atoms with van der Waals surface area (Å²) in [4.78, 5) is 2.44. The minimum absolute atomic E-state index is 0.758. The van der Waals surface area contributed by atoms with Crippen LogP contribution in [0, 0.1) is 6.92 Å². The maximum atomic E-state index is 2.44. The van der Waals surface area contributed by atoms with E-state index in [2.05, 4.69) is 43.1 Å². The minimum Gasteiger partial charge on any atom is -0.306 e. The van der Waals surface area contributed by atoms with Crippen LogP contribution in [0.15, 0.2) is 24.3 Å². The molecule has 1 aliphatic rings. The molecule has 0 spiro atoms. The molecule has 1 aromatic rings. The van der Waals surface area contributed by atoms with Crippen LogP contribution >= 0.6 is 0 Å². The average molecular weight is 189 g/mol. The molecule has 0 aromatic heterocycles. The van der Waals surface area contributed by atoms with Gasteiger partial charge in [0.05, 0.1) is 0 Å². The number of piperidine rings is 1. The van der Waals surface area contributed by atoms with Crippen molar-refractivity contribution in [2.24, 2.45) is 0 Å². The normalized spacial score (nSPS) is 23.7. The fraction of sp³-hybridized carbons (Fsp3) is 0.538. The third kappa shape index (κ3) is 2.16. The molecule has 1 heterocycles. The van der Waals surface area contributed by atoms with Crippen LogP contribution in [0.4, 0.5) is 0 Å². The molecular weight excluding hydrogens is 170 g/mol. The maximum absolute atomic E-state index is 2.44. The lowest BCUT2D eigenvalue weighted by molar-refractivity contribution is 0.251. The van der Waals surface area contributed by atoms with E-state index in [4.69, 9.17) is 0 Å². The van der Waals surface area contributed by atoms with Gasteiger partial charge in [0, 0.05) is 6.54 Å². The SMILES string of the molecule is Cc1cccc(C2CCCN(C)C2)c1. The second-order valence-corrected chi connectivity index (χ2v) is 4.52. The van der Waals surface area contributed by atoms with Gasteiger partial charge in [0.2, 0.25) is 0 Å². The lowest BCUT2D eigenvalue weighted by Crippen LogP contribution is -2.30. The Balaban J connectivity index is 2.14. The topological polar surface area (TPSA) is 3.24 Å². The predicted octanol–water partition coefficient (Wildman–Crippen LogP) is 2.80. The van der Waals surface area contributed by atoms with Gasteiger partial charge in [-0.1, -0.05) is 29.8 Å². The van der Waals surface area contributed by atoms with E-state index in [1.165, 1.54) is 37.1 Å². The lowest BCUT2D eigenvalue weighted by atomic mass is 9.90. The van der Waals surface area contributed by atoms with Gasteiger partial charge in [0.1, 0.15) is 0 Å². The highest BCUT2D eigenvalue weighted by molar-refractivity contribution is 5.26. The second-order valence-electron chi connectivity index (χ2n) is 4.52. The Bertz CT molecular complexity index is 306. The first-order valence-corrected chi connectivity index (χ1v) is 5.51. The number of hydrogen-bond donors (Lipinski definition) is 0. The van der Waals surface area contributed by atoms with Crippen LogP contribution in [0.25, 0.3) is 0 Å². The molecule has 0 saturated carbocycles. The third-order valence-corrected chi connectivity index (χ3v) is 3.14. The lowest BCUT2D eigenvalue weighted by Gasteiger charge is -2.30. The fourth-order valence-electron chi connectivity index (χ4n) is 2.36. The van der Waals surface area contributed by atoms with Crippen molar-refractivity contribution in [3.63, 3.8) is 0 Å². The second kappa shape index (κ2) is 4.14. The van der Waals surface area contributed by atoms with E-state index in [-0.39, 0.29) is 0 Å². The Morgan fingerprint density at radius 1 is 1.36 bits per heavy atom. The molecule has 1 unspecified atom stereocenters. The van der Waals surface area contributed by atoms with Crippen LogP contribution in [-0.4, -0.2) is 25.0 Å². The summed E-state index contributed by atoms with van der Waals surface area (Å²) in [6.07, 6.45) is 2.70. The molecule has 0 N–H and O–H groups in total. The van der Waals surface area contributed by atoms with Crippen molar-refractivity contribution >= 4 is 0 Å². The Labute approximate surface area is 86.7 Å². The molecule has 14 heavy (non-hydrogen) atoms. The van der Waals surface area contributed by atoms with Crippen LogP contribution in [0.3, 0.4) is 0 Å². The van der Waals surface area contributed by atoms with Gasteiger partial charge in [-0.25, -0.2) is 0 Å². The number of hydrogen-bond acceptors (Lipinski definition) is 1. The number of likely N-dealkylation sites (N-methyl/N-ethyl adjacent to an activating group) is 1. The molecule has 0 radical (unpaired) electrons. The van der Waals surface area contributed by atoms with Gasteiger partial charge in [-0.2, -0.15) is 0 Å². The van der Waals surface area contributed by atoms with Gasteiger partial charge >= 0.3 is 0 Å². The van der Waals surface area contributed by atoms with Crippen LogP contribution < -0.4 is 0 Å². The zero-order chi connectivity index (χ0) is 9.97. The fourth-order valence-corrected chi connectivity index (χ4v) is 2.36. The molecule has 0 aliphatic carbocycles. The zero-order valence-electron chi connectivity index (χ0n) is 9.16. The first-order valence-electron chi connectivity index (χ1n) is 5.51. The molecule has 0 bridgehead atoms. The van der Waals surface area contributed by atoms with E-state index in [0.29, 0.717) is 0 Å².